The third-order valence-corrected chi connectivity index (χ3v) is 4.17. The second-order valence-corrected chi connectivity index (χ2v) is 5.59. The zero-order valence-corrected chi connectivity index (χ0v) is 12.1. The van der Waals surface area contributed by atoms with Gasteiger partial charge in [0.25, 0.3) is 0 Å². The smallest absolute Gasteiger partial charge is 0.220 e. The Morgan fingerprint density at radius 2 is 2.00 bits per heavy atom. The van der Waals surface area contributed by atoms with Crippen molar-refractivity contribution < 1.29 is 4.79 Å². The number of amides is 1. The van der Waals surface area contributed by atoms with E-state index < -0.39 is 0 Å². The van der Waals surface area contributed by atoms with Crippen molar-refractivity contribution >= 4 is 5.91 Å². The lowest BCUT2D eigenvalue weighted by Crippen LogP contribution is -2.26. The SMILES string of the molecule is O=C(CC1CCc2ccccc21)NCCc1ccncc1. The Labute approximate surface area is 125 Å². The van der Waals surface area contributed by atoms with Crippen LogP contribution in [0.5, 0.6) is 0 Å². The molecule has 1 aromatic carbocycles. The van der Waals surface area contributed by atoms with Crippen molar-refractivity contribution in [2.45, 2.75) is 31.6 Å². The molecule has 0 spiro atoms. The first kappa shape index (κ1) is 13.8. The highest BCUT2D eigenvalue weighted by molar-refractivity contribution is 5.77. The number of nitrogens with zero attached hydrogens (tertiary/aromatic N) is 1. The normalized spacial score (nSPS) is 16.5. The molecule has 0 saturated carbocycles. The van der Waals surface area contributed by atoms with Crippen LogP contribution in [0, 0.1) is 0 Å². The van der Waals surface area contributed by atoms with Crippen LogP contribution in [0.15, 0.2) is 48.8 Å². The predicted molar refractivity (Wildman–Crippen MR) is 83.1 cm³/mol. The number of fused-ring (bicyclic) bond motifs is 1. The maximum Gasteiger partial charge on any atom is 0.220 e. The maximum atomic E-state index is 12.1. The van der Waals surface area contributed by atoms with E-state index in [1.165, 1.54) is 16.7 Å². The molecule has 21 heavy (non-hydrogen) atoms. The number of carbonyl (C=O) groups is 1. The Balaban J connectivity index is 1.47. The van der Waals surface area contributed by atoms with Crippen LogP contribution < -0.4 is 5.32 Å². The van der Waals surface area contributed by atoms with Crippen LogP contribution in [0.3, 0.4) is 0 Å². The van der Waals surface area contributed by atoms with E-state index in [9.17, 15) is 4.79 Å². The standard InChI is InChI=1S/C18H20N2O/c21-18(20-12-9-14-7-10-19-11-8-14)13-16-6-5-15-3-1-2-4-17(15)16/h1-4,7-8,10-11,16H,5-6,9,12-13H2,(H,20,21). The van der Waals surface area contributed by atoms with Gasteiger partial charge >= 0.3 is 0 Å². The third kappa shape index (κ3) is 3.48. The van der Waals surface area contributed by atoms with Crippen molar-refractivity contribution in [1.29, 1.82) is 0 Å². The quantitative estimate of drug-likeness (QED) is 0.915. The summed E-state index contributed by atoms with van der Waals surface area (Å²) in [6.45, 7) is 0.692. The van der Waals surface area contributed by atoms with Gasteiger partial charge in [-0.25, -0.2) is 0 Å². The van der Waals surface area contributed by atoms with E-state index in [2.05, 4.69) is 34.6 Å². The average molecular weight is 280 g/mol. The maximum absolute atomic E-state index is 12.1. The lowest BCUT2D eigenvalue weighted by molar-refractivity contribution is -0.121. The minimum atomic E-state index is 0.158. The summed E-state index contributed by atoms with van der Waals surface area (Å²) in [5, 5.41) is 3.03. The van der Waals surface area contributed by atoms with E-state index >= 15 is 0 Å². The van der Waals surface area contributed by atoms with Crippen LogP contribution in [-0.2, 0) is 17.6 Å². The van der Waals surface area contributed by atoms with Gasteiger partial charge in [-0.1, -0.05) is 24.3 Å². The Kier molecular flexibility index (Phi) is 4.29. The zero-order valence-electron chi connectivity index (χ0n) is 12.1. The molecular weight excluding hydrogens is 260 g/mol. The Morgan fingerprint density at radius 1 is 1.19 bits per heavy atom. The number of pyridine rings is 1. The first-order chi connectivity index (χ1) is 10.3. The van der Waals surface area contributed by atoms with E-state index in [0.29, 0.717) is 18.9 Å². The Hall–Kier alpha value is -2.16. The van der Waals surface area contributed by atoms with Gasteiger partial charge in [-0.3, -0.25) is 9.78 Å². The highest BCUT2D eigenvalue weighted by Gasteiger charge is 2.23. The number of rotatable bonds is 5. The van der Waals surface area contributed by atoms with Crippen molar-refractivity contribution in [3.05, 3.63) is 65.5 Å². The Bertz CT molecular complexity index is 610. The predicted octanol–water partition coefficient (Wildman–Crippen LogP) is 2.86. The summed E-state index contributed by atoms with van der Waals surface area (Å²) in [5.41, 5.74) is 3.98. The van der Waals surface area contributed by atoms with Gasteiger partial charge in [0.1, 0.15) is 0 Å². The molecule has 108 valence electrons. The van der Waals surface area contributed by atoms with Crippen LogP contribution in [0.1, 0.15) is 35.4 Å². The Morgan fingerprint density at radius 3 is 2.86 bits per heavy atom. The van der Waals surface area contributed by atoms with Gasteiger partial charge in [-0.15, -0.1) is 0 Å². The summed E-state index contributed by atoms with van der Waals surface area (Å²) in [6.07, 6.45) is 7.23. The molecule has 0 saturated heterocycles. The molecule has 3 nitrogen and oxygen atoms in total. The van der Waals surface area contributed by atoms with Gasteiger partial charge in [0.15, 0.2) is 0 Å². The molecule has 1 aliphatic carbocycles. The van der Waals surface area contributed by atoms with Gasteiger partial charge in [-0.05, 0) is 54.0 Å². The minimum Gasteiger partial charge on any atom is -0.356 e. The topological polar surface area (TPSA) is 42.0 Å². The summed E-state index contributed by atoms with van der Waals surface area (Å²) in [6, 6.07) is 12.5. The van der Waals surface area contributed by atoms with Crippen molar-refractivity contribution in [3.8, 4) is 0 Å². The molecule has 0 bridgehead atoms. The van der Waals surface area contributed by atoms with E-state index in [1.54, 1.807) is 12.4 Å². The van der Waals surface area contributed by atoms with Crippen molar-refractivity contribution in [3.63, 3.8) is 0 Å². The monoisotopic (exact) mass is 280 g/mol. The van der Waals surface area contributed by atoms with Crippen LogP contribution in [0.4, 0.5) is 0 Å². The summed E-state index contributed by atoms with van der Waals surface area (Å²) >= 11 is 0. The van der Waals surface area contributed by atoms with Gasteiger partial charge in [0.2, 0.25) is 5.91 Å². The van der Waals surface area contributed by atoms with Crippen LogP contribution in [0.2, 0.25) is 0 Å². The summed E-state index contributed by atoms with van der Waals surface area (Å²) in [5.74, 6) is 0.549. The number of carbonyl (C=O) groups excluding carboxylic acids is 1. The second-order valence-electron chi connectivity index (χ2n) is 5.59. The number of hydrogen-bond acceptors (Lipinski definition) is 2. The molecule has 3 heteroatoms. The summed E-state index contributed by atoms with van der Waals surface area (Å²) < 4.78 is 0. The number of aryl methyl sites for hydroxylation is 1. The van der Waals surface area contributed by atoms with Crippen LogP contribution >= 0.6 is 0 Å². The lowest BCUT2D eigenvalue weighted by Gasteiger charge is -2.11. The number of hydrogen-bond donors (Lipinski definition) is 1. The lowest BCUT2D eigenvalue weighted by atomic mass is 9.97. The molecule has 0 radical (unpaired) electrons. The number of aromatic nitrogens is 1. The van der Waals surface area contributed by atoms with E-state index in [0.717, 1.165) is 19.3 Å². The molecule has 1 N–H and O–H groups in total. The van der Waals surface area contributed by atoms with Crippen LogP contribution in [-0.4, -0.2) is 17.4 Å². The molecule has 1 aromatic heterocycles. The fourth-order valence-corrected chi connectivity index (χ4v) is 3.05. The fraction of sp³-hybridized carbons (Fsp3) is 0.333. The first-order valence-electron chi connectivity index (χ1n) is 7.56. The molecule has 1 aliphatic rings. The third-order valence-electron chi connectivity index (χ3n) is 4.17. The second kappa shape index (κ2) is 6.53. The number of nitrogens with one attached hydrogen (secondary N) is 1. The molecule has 1 atom stereocenters. The fourth-order valence-electron chi connectivity index (χ4n) is 3.05. The van der Waals surface area contributed by atoms with Gasteiger partial charge in [0, 0.05) is 25.4 Å². The molecule has 1 amide bonds. The molecule has 2 aromatic rings. The van der Waals surface area contributed by atoms with Crippen LogP contribution in [0.25, 0.3) is 0 Å². The summed E-state index contributed by atoms with van der Waals surface area (Å²) in [7, 11) is 0. The van der Waals surface area contributed by atoms with E-state index in [1.807, 2.05) is 12.1 Å². The number of benzene rings is 1. The highest BCUT2D eigenvalue weighted by Crippen LogP contribution is 2.34. The van der Waals surface area contributed by atoms with Gasteiger partial charge in [-0.2, -0.15) is 0 Å². The first-order valence-corrected chi connectivity index (χ1v) is 7.56. The van der Waals surface area contributed by atoms with E-state index in [4.69, 9.17) is 0 Å². The van der Waals surface area contributed by atoms with Gasteiger partial charge < -0.3 is 5.32 Å². The highest BCUT2D eigenvalue weighted by atomic mass is 16.1. The minimum absolute atomic E-state index is 0.158. The molecular formula is C18H20N2O. The zero-order chi connectivity index (χ0) is 14.5. The molecule has 1 heterocycles. The van der Waals surface area contributed by atoms with Crippen molar-refractivity contribution in [1.82, 2.24) is 10.3 Å². The van der Waals surface area contributed by atoms with Crippen molar-refractivity contribution in [2.24, 2.45) is 0 Å². The summed E-state index contributed by atoms with van der Waals surface area (Å²) in [4.78, 5) is 16.1. The molecule has 3 rings (SSSR count). The largest absolute Gasteiger partial charge is 0.356 e. The van der Waals surface area contributed by atoms with E-state index in [-0.39, 0.29) is 5.91 Å². The molecule has 0 aliphatic heterocycles. The van der Waals surface area contributed by atoms with Gasteiger partial charge in [0.05, 0.1) is 0 Å². The van der Waals surface area contributed by atoms with Crippen molar-refractivity contribution in [2.75, 3.05) is 6.54 Å². The molecule has 1 unspecified atom stereocenters. The molecule has 0 fully saturated rings. The average Bonchev–Trinajstić information content (AvgIpc) is 2.92.